The molecule has 1 unspecified atom stereocenters. The Labute approximate surface area is 310 Å². The van der Waals surface area contributed by atoms with E-state index in [0.717, 1.165) is 28.1 Å². The number of imidazole rings is 1. The van der Waals surface area contributed by atoms with Crippen LogP contribution in [0.1, 0.15) is 43.2 Å². The number of aromatic amines is 1. The summed E-state index contributed by atoms with van der Waals surface area (Å²) in [6.07, 6.45) is -0.614. The van der Waals surface area contributed by atoms with Gasteiger partial charge in [-0.1, -0.05) is 68.4 Å². The predicted octanol–water partition coefficient (Wildman–Crippen LogP) is 5.21. The molecule has 4 atom stereocenters. The molecule has 0 spiro atoms. The lowest BCUT2D eigenvalue weighted by Gasteiger charge is -2.37. The summed E-state index contributed by atoms with van der Waals surface area (Å²) in [5.41, 5.74) is 1.09. The van der Waals surface area contributed by atoms with E-state index >= 15 is 0 Å². The first-order chi connectivity index (χ1) is 25.6. The number of benzene rings is 3. The van der Waals surface area contributed by atoms with Crippen LogP contribution in [0.15, 0.2) is 90.0 Å². The molecule has 3 aromatic carbocycles. The van der Waals surface area contributed by atoms with Crippen molar-refractivity contribution < 1.29 is 37.7 Å². The maximum atomic E-state index is 13.6. The molecule has 4 heterocycles. The topological polar surface area (TPSA) is 171 Å². The molecule has 2 aliphatic heterocycles. The van der Waals surface area contributed by atoms with Crippen molar-refractivity contribution >= 4 is 41.5 Å². The van der Waals surface area contributed by atoms with Crippen LogP contribution in [0, 0.1) is 5.92 Å². The average Bonchev–Trinajstić information content (AvgIpc) is 3.91. The number of hydrogen-bond acceptors (Lipinski definition) is 12. The van der Waals surface area contributed by atoms with Gasteiger partial charge in [0.2, 0.25) is 11.9 Å². The number of carbonyl (C=O) groups is 1. The number of nitrogens with zero attached hydrogens (tertiary/aromatic N) is 3. The Bertz CT molecular complexity index is 2040. The van der Waals surface area contributed by atoms with E-state index in [1.807, 2.05) is 78.9 Å². The second-order valence-electron chi connectivity index (χ2n) is 12.8. The molecule has 16 heteroatoms. The molecule has 2 N–H and O–H groups in total. The molecule has 14 nitrogen and oxygen atoms in total. The van der Waals surface area contributed by atoms with Crippen molar-refractivity contribution in [2.24, 2.45) is 5.92 Å². The van der Waals surface area contributed by atoms with Crippen molar-refractivity contribution in [2.45, 2.75) is 44.3 Å². The Morgan fingerprint density at radius 1 is 1.04 bits per heavy atom. The SMILES string of the molecule is COc1ccc(C(OC[C@H]2O[C@@H](n3cnc4c(=O)[nH]c(NC(=O)C(C)C)nc43)C[C@@H]2O[P+]2([O-])OCCS2)(c2ccccc2)c2ccc(OC)cc2)cc1. The van der Waals surface area contributed by atoms with Crippen molar-refractivity contribution in [1.82, 2.24) is 19.5 Å². The zero-order chi connectivity index (χ0) is 37.2. The quantitative estimate of drug-likeness (QED) is 0.119. The second-order valence-corrected chi connectivity index (χ2v) is 17.0. The van der Waals surface area contributed by atoms with E-state index in [-0.39, 0.29) is 42.0 Å². The predicted molar refractivity (Wildman–Crippen MR) is 199 cm³/mol. The lowest BCUT2D eigenvalue weighted by molar-refractivity contribution is -0.214. The molecule has 2 aromatic heterocycles. The van der Waals surface area contributed by atoms with Gasteiger partial charge in [0, 0.05) is 12.3 Å². The molecule has 2 fully saturated rings. The van der Waals surface area contributed by atoms with E-state index in [4.69, 9.17) is 28.0 Å². The van der Waals surface area contributed by atoms with Gasteiger partial charge in [-0.15, -0.1) is 0 Å². The summed E-state index contributed by atoms with van der Waals surface area (Å²) < 4.78 is 38.2. The minimum atomic E-state index is -3.50. The van der Waals surface area contributed by atoms with Gasteiger partial charge in [-0.05, 0) is 41.0 Å². The summed E-state index contributed by atoms with van der Waals surface area (Å²) >= 11 is 1.14. The van der Waals surface area contributed by atoms with Crippen LogP contribution in [0.3, 0.4) is 0 Å². The van der Waals surface area contributed by atoms with Crippen LogP contribution < -0.4 is 25.2 Å². The van der Waals surface area contributed by atoms with Crippen LogP contribution in [0.5, 0.6) is 11.5 Å². The van der Waals surface area contributed by atoms with Gasteiger partial charge in [0.15, 0.2) is 11.2 Å². The molecule has 2 saturated heterocycles. The van der Waals surface area contributed by atoms with E-state index in [1.165, 1.54) is 6.33 Å². The largest absolute Gasteiger partial charge is 0.622 e. The van der Waals surface area contributed by atoms with E-state index in [1.54, 1.807) is 32.6 Å². The molecule has 7 rings (SSSR count). The zero-order valence-corrected chi connectivity index (χ0v) is 31.3. The number of anilines is 1. The monoisotopic (exact) mass is 761 g/mol. The number of H-pyrrole nitrogens is 1. The highest BCUT2D eigenvalue weighted by atomic mass is 32.7. The lowest BCUT2D eigenvalue weighted by atomic mass is 9.80. The number of nitrogens with one attached hydrogen (secondary N) is 2. The van der Waals surface area contributed by atoms with Crippen molar-refractivity contribution in [3.05, 3.63) is 112 Å². The number of fused-ring (bicyclic) bond motifs is 1. The van der Waals surface area contributed by atoms with Crippen LogP contribution in [-0.4, -0.2) is 70.8 Å². The standard InChI is InChI=1S/C37H40N5O9PS/c1-23(2)34(43)40-36-39-33-32(35(44)41-36)38-22-42(33)31-20-29(51-52(45)49-18-19-53-52)30(50-31)21-48-37(24-8-6-5-7-9-24,25-10-14-27(46-3)15-11-25)26-12-16-28(47-4)17-13-26/h5-17,22-23,29-31H,18-21H2,1-4H3,(H2,39,40,41,43,44)/t29-,30+,31+,52?/m0/s1. The highest BCUT2D eigenvalue weighted by Crippen LogP contribution is 2.69. The molecule has 53 heavy (non-hydrogen) atoms. The van der Waals surface area contributed by atoms with Gasteiger partial charge >= 0.3 is 0 Å². The normalized spacial score (nSPS) is 21.7. The molecule has 278 valence electrons. The third-order valence-electron chi connectivity index (χ3n) is 9.17. The summed E-state index contributed by atoms with van der Waals surface area (Å²) in [5, 5.41) is 2.65. The third kappa shape index (κ3) is 7.56. The van der Waals surface area contributed by atoms with Crippen molar-refractivity contribution in [3.63, 3.8) is 0 Å². The van der Waals surface area contributed by atoms with E-state index < -0.39 is 36.7 Å². The average molecular weight is 762 g/mol. The van der Waals surface area contributed by atoms with Gasteiger partial charge in [0.1, 0.15) is 42.1 Å². The Balaban J connectivity index is 1.27. The number of amides is 1. The molecule has 1 amide bonds. The van der Waals surface area contributed by atoms with Gasteiger partial charge in [0.25, 0.3) is 12.7 Å². The second kappa shape index (κ2) is 15.6. The Morgan fingerprint density at radius 2 is 1.68 bits per heavy atom. The van der Waals surface area contributed by atoms with Gasteiger partial charge in [-0.3, -0.25) is 24.5 Å². The summed E-state index contributed by atoms with van der Waals surface area (Å²) in [4.78, 5) is 50.5. The maximum Gasteiger partial charge on any atom is 0.299 e. The van der Waals surface area contributed by atoms with Crippen molar-refractivity contribution in [2.75, 3.05) is 38.5 Å². The fourth-order valence-electron chi connectivity index (χ4n) is 6.43. The van der Waals surface area contributed by atoms with Crippen LogP contribution >= 0.6 is 18.5 Å². The first-order valence-corrected chi connectivity index (χ1v) is 20.2. The fraction of sp³-hybridized carbons (Fsp3) is 0.351. The summed E-state index contributed by atoms with van der Waals surface area (Å²) in [6.45, 7) is 3.75. The molecule has 2 aliphatic rings. The molecule has 5 aromatic rings. The number of methoxy groups -OCH3 is 2. The Hall–Kier alpha value is -4.34. The molecule has 0 radical (unpaired) electrons. The van der Waals surface area contributed by atoms with Crippen LogP contribution in [0.4, 0.5) is 5.95 Å². The minimum Gasteiger partial charge on any atom is -0.622 e. The molecule has 0 bridgehead atoms. The number of aromatic nitrogens is 4. The van der Waals surface area contributed by atoms with Crippen LogP contribution in [-0.2, 0) is 28.9 Å². The first-order valence-electron chi connectivity index (χ1n) is 17.1. The molecular formula is C37H40N5O9PS. The summed E-state index contributed by atoms with van der Waals surface area (Å²) in [5.74, 6) is 1.25. The van der Waals surface area contributed by atoms with Crippen LogP contribution in [0.25, 0.3) is 11.2 Å². The van der Waals surface area contributed by atoms with Crippen molar-refractivity contribution in [3.8, 4) is 11.5 Å². The molecule has 0 saturated carbocycles. The molecular weight excluding hydrogens is 721 g/mol. The van der Waals surface area contributed by atoms with E-state index in [0.29, 0.717) is 23.9 Å². The first kappa shape index (κ1) is 37.0. The number of carbonyl (C=O) groups excluding carboxylic acids is 1. The van der Waals surface area contributed by atoms with E-state index in [9.17, 15) is 14.5 Å². The Kier molecular flexibility index (Phi) is 10.9. The minimum absolute atomic E-state index is 0.0135. The zero-order valence-electron chi connectivity index (χ0n) is 29.6. The van der Waals surface area contributed by atoms with Crippen molar-refractivity contribution in [1.29, 1.82) is 0 Å². The van der Waals surface area contributed by atoms with Gasteiger partial charge in [0.05, 0.1) is 44.3 Å². The Morgan fingerprint density at radius 3 is 2.26 bits per heavy atom. The smallest absolute Gasteiger partial charge is 0.299 e. The number of ether oxygens (including phenoxy) is 4. The summed E-state index contributed by atoms with van der Waals surface area (Å²) in [6, 6.07) is 25.2. The number of rotatable bonds is 13. The van der Waals surface area contributed by atoms with Gasteiger partial charge in [-0.2, -0.15) is 14.0 Å². The summed E-state index contributed by atoms with van der Waals surface area (Å²) in [7, 11) is -0.268. The van der Waals surface area contributed by atoms with Gasteiger partial charge < -0.3 is 23.8 Å². The fourth-order valence-corrected chi connectivity index (χ4v) is 9.86. The maximum absolute atomic E-state index is 13.6. The van der Waals surface area contributed by atoms with E-state index in [2.05, 4.69) is 20.3 Å². The highest BCUT2D eigenvalue weighted by molar-refractivity contribution is 8.57. The molecule has 0 aliphatic carbocycles. The highest BCUT2D eigenvalue weighted by Gasteiger charge is 2.49. The third-order valence-corrected chi connectivity index (χ3v) is 12.9. The lowest BCUT2D eigenvalue weighted by Crippen LogP contribution is -2.38. The number of hydrogen-bond donors (Lipinski definition) is 2. The van der Waals surface area contributed by atoms with Gasteiger partial charge in [-0.25, -0.2) is 4.98 Å². The van der Waals surface area contributed by atoms with Crippen LogP contribution in [0.2, 0.25) is 0 Å².